The van der Waals surface area contributed by atoms with Crippen molar-refractivity contribution in [2.45, 2.75) is 31.1 Å². The fourth-order valence-corrected chi connectivity index (χ4v) is 3.64. The van der Waals surface area contributed by atoms with Gasteiger partial charge in [-0.05, 0) is 48.7 Å². The van der Waals surface area contributed by atoms with Gasteiger partial charge in [0.2, 0.25) is 15.9 Å². The maximum atomic E-state index is 12.0. The van der Waals surface area contributed by atoms with E-state index in [0.717, 1.165) is 10.2 Å². The summed E-state index contributed by atoms with van der Waals surface area (Å²) in [7, 11) is -3.83. The Balaban J connectivity index is 1.88. The van der Waals surface area contributed by atoms with Crippen LogP contribution in [0.15, 0.2) is 51.8 Å². The molecule has 0 unspecified atom stereocenters. The van der Waals surface area contributed by atoms with Crippen LogP contribution in [0.1, 0.15) is 25.3 Å². The second kappa shape index (κ2) is 9.16. The van der Waals surface area contributed by atoms with Gasteiger partial charge < -0.3 is 10.1 Å². The number of hydrogen-bond donors (Lipinski definition) is 2. The molecule has 0 radical (unpaired) electrons. The van der Waals surface area contributed by atoms with Crippen LogP contribution in [0.25, 0.3) is 0 Å². The molecule has 6 nitrogen and oxygen atoms in total. The summed E-state index contributed by atoms with van der Waals surface area (Å²) in [4.78, 5) is 12.1. The minimum absolute atomic E-state index is 0.0378. The second-order valence-electron chi connectivity index (χ2n) is 5.68. The smallest absolute Gasteiger partial charge is 0.238 e. The number of aryl methyl sites for hydroxylation is 1. The molecule has 0 aromatic heterocycles. The Morgan fingerprint density at radius 3 is 2.65 bits per heavy atom. The number of carbonyl (C=O) groups is 1. The van der Waals surface area contributed by atoms with Gasteiger partial charge in [-0.15, -0.1) is 0 Å². The topological polar surface area (TPSA) is 98.5 Å². The van der Waals surface area contributed by atoms with Crippen molar-refractivity contribution in [3.05, 3.63) is 52.5 Å². The lowest BCUT2D eigenvalue weighted by molar-refractivity contribution is -0.116. The largest absolute Gasteiger partial charge is 0.494 e. The first kappa shape index (κ1) is 20.4. The Morgan fingerprint density at radius 1 is 1.23 bits per heavy atom. The molecular formula is C18H21BrN2O4S. The van der Waals surface area contributed by atoms with E-state index in [9.17, 15) is 13.2 Å². The molecule has 0 heterocycles. The third-order valence-electron chi connectivity index (χ3n) is 3.65. The lowest BCUT2D eigenvalue weighted by Crippen LogP contribution is -2.17. The van der Waals surface area contributed by atoms with Crippen LogP contribution in [-0.2, 0) is 21.2 Å². The first-order chi connectivity index (χ1) is 12.3. The molecule has 2 aromatic carbocycles. The second-order valence-corrected chi connectivity index (χ2v) is 8.12. The number of nitrogens with one attached hydrogen (secondary N) is 1. The number of sulfonamides is 1. The molecule has 0 atom stereocenters. The molecule has 0 aliphatic heterocycles. The predicted octanol–water partition coefficient (Wildman–Crippen LogP) is 3.46. The van der Waals surface area contributed by atoms with Crippen molar-refractivity contribution in [2.75, 3.05) is 11.9 Å². The fourth-order valence-electron chi connectivity index (χ4n) is 2.39. The Hall–Kier alpha value is -1.90. The molecule has 0 bridgehead atoms. The molecular weight excluding hydrogens is 420 g/mol. The number of benzene rings is 2. The van der Waals surface area contributed by atoms with E-state index in [4.69, 9.17) is 9.88 Å². The monoisotopic (exact) mass is 440 g/mol. The highest BCUT2D eigenvalue weighted by Crippen LogP contribution is 2.21. The van der Waals surface area contributed by atoms with Crippen molar-refractivity contribution in [3.8, 4) is 5.75 Å². The van der Waals surface area contributed by atoms with Crippen molar-refractivity contribution in [2.24, 2.45) is 5.14 Å². The number of halogens is 1. The van der Waals surface area contributed by atoms with Gasteiger partial charge >= 0.3 is 0 Å². The number of anilines is 1. The van der Waals surface area contributed by atoms with Crippen LogP contribution in [0.4, 0.5) is 5.69 Å². The third-order valence-corrected chi connectivity index (χ3v) is 5.14. The molecule has 0 aliphatic rings. The molecule has 0 spiro atoms. The van der Waals surface area contributed by atoms with Crippen LogP contribution in [-0.4, -0.2) is 20.9 Å². The molecule has 8 heteroatoms. The van der Waals surface area contributed by atoms with Gasteiger partial charge in [-0.1, -0.05) is 35.0 Å². The average molecular weight is 441 g/mol. The minimum atomic E-state index is -3.83. The van der Waals surface area contributed by atoms with Gasteiger partial charge in [0.1, 0.15) is 5.75 Å². The minimum Gasteiger partial charge on any atom is -0.494 e. The highest BCUT2D eigenvalue weighted by Gasteiger charge is 2.14. The highest BCUT2D eigenvalue weighted by molar-refractivity contribution is 9.10. The summed E-state index contributed by atoms with van der Waals surface area (Å²) >= 11 is 3.37. The average Bonchev–Trinajstić information content (AvgIpc) is 2.58. The molecule has 0 saturated carbocycles. The van der Waals surface area contributed by atoms with Crippen LogP contribution in [0.5, 0.6) is 5.75 Å². The van der Waals surface area contributed by atoms with Gasteiger partial charge in [-0.3, -0.25) is 4.79 Å². The third kappa shape index (κ3) is 6.12. The number of amides is 1. The molecule has 26 heavy (non-hydrogen) atoms. The van der Waals surface area contributed by atoms with Crippen molar-refractivity contribution < 1.29 is 17.9 Å². The summed E-state index contributed by atoms with van der Waals surface area (Å²) in [6, 6.07) is 12.2. The van der Waals surface area contributed by atoms with E-state index in [1.807, 2.05) is 31.2 Å². The summed E-state index contributed by atoms with van der Waals surface area (Å²) in [5, 5.41) is 7.93. The van der Waals surface area contributed by atoms with Crippen LogP contribution in [0.3, 0.4) is 0 Å². The van der Waals surface area contributed by atoms with Gasteiger partial charge in [0, 0.05) is 16.6 Å². The van der Waals surface area contributed by atoms with Crippen molar-refractivity contribution in [1.82, 2.24) is 0 Å². The lowest BCUT2D eigenvalue weighted by atomic mass is 10.1. The van der Waals surface area contributed by atoms with Crippen molar-refractivity contribution >= 4 is 37.5 Å². The maximum Gasteiger partial charge on any atom is 0.238 e. The van der Waals surface area contributed by atoms with E-state index in [2.05, 4.69) is 21.2 Å². The zero-order chi connectivity index (χ0) is 19.2. The highest BCUT2D eigenvalue weighted by atomic mass is 79.9. The molecule has 2 aromatic rings. The predicted molar refractivity (Wildman–Crippen MR) is 105 cm³/mol. The first-order valence-corrected chi connectivity index (χ1v) is 10.5. The summed E-state index contributed by atoms with van der Waals surface area (Å²) in [6.07, 6.45) is 1.33. The zero-order valence-corrected chi connectivity index (χ0v) is 16.8. The number of carbonyl (C=O) groups excluding carboxylic acids is 1. The van der Waals surface area contributed by atoms with Gasteiger partial charge in [0.05, 0.1) is 11.5 Å². The summed E-state index contributed by atoms with van der Waals surface area (Å²) < 4.78 is 29.8. The van der Waals surface area contributed by atoms with Crippen LogP contribution in [0.2, 0.25) is 0 Å². The molecule has 0 saturated heterocycles. The number of rotatable bonds is 8. The van der Waals surface area contributed by atoms with Crippen LogP contribution in [0, 0.1) is 0 Å². The Bertz CT molecular complexity index is 885. The standard InChI is InChI=1S/C18H21BrN2O4S/c1-2-13-8-9-15(12-17(13)26(20,23)24)21-18(22)7-4-10-25-16-6-3-5-14(19)11-16/h3,5-6,8-9,11-12H,2,4,7,10H2,1H3,(H,21,22)(H2,20,23,24). The van der Waals surface area contributed by atoms with Gasteiger partial charge in [-0.2, -0.15) is 0 Å². The molecule has 0 aliphatic carbocycles. The zero-order valence-electron chi connectivity index (χ0n) is 14.4. The number of hydrogen-bond acceptors (Lipinski definition) is 4. The number of ether oxygens (including phenoxy) is 1. The van der Waals surface area contributed by atoms with E-state index >= 15 is 0 Å². The van der Waals surface area contributed by atoms with Gasteiger partial charge in [0.15, 0.2) is 0 Å². The molecule has 3 N–H and O–H groups in total. The van der Waals surface area contributed by atoms with Crippen LogP contribution >= 0.6 is 15.9 Å². The normalized spacial score (nSPS) is 11.2. The number of primary sulfonamides is 1. The number of nitrogens with two attached hydrogens (primary N) is 1. The van der Waals surface area contributed by atoms with Gasteiger partial charge in [0.25, 0.3) is 0 Å². The molecule has 0 fully saturated rings. The first-order valence-electron chi connectivity index (χ1n) is 8.13. The SMILES string of the molecule is CCc1ccc(NC(=O)CCCOc2cccc(Br)c2)cc1S(N)(=O)=O. The fraction of sp³-hybridized carbons (Fsp3) is 0.278. The van der Waals surface area contributed by atoms with Gasteiger partial charge in [-0.25, -0.2) is 13.6 Å². The van der Waals surface area contributed by atoms with E-state index in [-0.39, 0.29) is 17.2 Å². The molecule has 140 valence electrons. The van der Waals surface area contributed by atoms with E-state index in [1.54, 1.807) is 12.1 Å². The molecule has 1 amide bonds. The van der Waals surface area contributed by atoms with Crippen molar-refractivity contribution in [1.29, 1.82) is 0 Å². The Kier molecular flexibility index (Phi) is 7.19. The lowest BCUT2D eigenvalue weighted by Gasteiger charge is -2.10. The Labute approximate surface area is 161 Å². The summed E-state index contributed by atoms with van der Waals surface area (Å²) in [5.74, 6) is 0.514. The molecule has 2 rings (SSSR count). The summed E-state index contributed by atoms with van der Waals surface area (Å²) in [5.41, 5.74) is 1.03. The van der Waals surface area contributed by atoms with Crippen LogP contribution < -0.4 is 15.2 Å². The van der Waals surface area contributed by atoms with E-state index in [0.29, 0.717) is 30.7 Å². The maximum absolute atomic E-state index is 12.0. The van der Waals surface area contributed by atoms with E-state index < -0.39 is 10.0 Å². The summed E-state index contributed by atoms with van der Waals surface area (Å²) in [6.45, 7) is 2.24. The van der Waals surface area contributed by atoms with Crippen molar-refractivity contribution in [3.63, 3.8) is 0 Å². The Morgan fingerprint density at radius 2 is 2.00 bits per heavy atom. The van der Waals surface area contributed by atoms with E-state index in [1.165, 1.54) is 6.07 Å². The quantitative estimate of drug-likeness (QED) is 0.613.